The number of carboxylic acid groups (broad SMARTS) is 1. The highest BCUT2D eigenvalue weighted by Crippen LogP contribution is 2.37. The molecule has 1 aromatic heterocycles. The third-order valence-electron chi connectivity index (χ3n) is 5.23. The van der Waals surface area contributed by atoms with Gasteiger partial charge in [-0.05, 0) is 42.5 Å². The van der Waals surface area contributed by atoms with Gasteiger partial charge in [-0.1, -0.05) is 19.1 Å². The SMILES string of the molecule is CCOc1cccc(C(C)CC(=O)Nc2sc3c(c2C#N)CCN(C(=O)OCC(=O)O)C3)c1. The molecule has 2 amide bonds. The molecule has 2 heterocycles. The van der Waals surface area contributed by atoms with Crippen molar-refractivity contribution in [3.63, 3.8) is 0 Å². The molecule has 0 fully saturated rings. The summed E-state index contributed by atoms with van der Waals surface area (Å²) < 4.78 is 10.3. The zero-order chi connectivity index (χ0) is 24.0. The number of hydrogen-bond acceptors (Lipinski definition) is 7. The maximum absolute atomic E-state index is 12.7. The van der Waals surface area contributed by atoms with E-state index in [1.807, 2.05) is 38.1 Å². The number of carbonyl (C=O) groups is 3. The topological polar surface area (TPSA) is 129 Å². The molecule has 0 saturated carbocycles. The summed E-state index contributed by atoms with van der Waals surface area (Å²) in [5, 5.41) is 21.6. The van der Waals surface area contributed by atoms with Gasteiger partial charge in [-0.15, -0.1) is 11.3 Å². The van der Waals surface area contributed by atoms with E-state index < -0.39 is 18.7 Å². The van der Waals surface area contributed by atoms with Gasteiger partial charge in [0.15, 0.2) is 6.61 Å². The average Bonchev–Trinajstić information content (AvgIpc) is 3.13. The minimum atomic E-state index is -1.23. The molecule has 0 aliphatic carbocycles. The molecule has 1 aliphatic heterocycles. The largest absolute Gasteiger partial charge is 0.494 e. The summed E-state index contributed by atoms with van der Waals surface area (Å²) in [5.74, 6) is -0.735. The predicted molar refractivity (Wildman–Crippen MR) is 121 cm³/mol. The number of amides is 2. The molecule has 2 aromatic rings. The lowest BCUT2D eigenvalue weighted by Crippen LogP contribution is -2.36. The number of fused-ring (bicyclic) bond motifs is 1. The van der Waals surface area contributed by atoms with Crippen LogP contribution in [0.1, 0.15) is 47.8 Å². The Balaban J connectivity index is 1.66. The fourth-order valence-corrected chi connectivity index (χ4v) is 4.86. The van der Waals surface area contributed by atoms with E-state index in [9.17, 15) is 19.6 Å². The van der Waals surface area contributed by atoms with Crippen molar-refractivity contribution in [2.24, 2.45) is 0 Å². The van der Waals surface area contributed by atoms with Crippen LogP contribution in [-0.2, 0) is 27.3 Å². The minimum absolute atomic E-state index is 0.0509. The molecule has 1 aromatic carbocycles. The van der Waals surface area contributed by atoms with Crippen molar-refractivity contribution in [3.8, 4) is 11.8 Å². The van der Waals surface area contributed by atoms with Gasteiger partial charge in [0.05, 0.1) is 18.7 Å². The zero-order valence-corrected chi connectivity index (χ0v) is 19.2. The molecule has 0 radical (unpaired) electrons. The van der Waals surface area contributed by atoms with Crippen molar-refractivity contribution < 1.29 is 29.0 Å². The lowest BCUT2D eigenvalue weighted by atomic mass is 9.97. The van der Waals surface area contributed by atoms with Crippen LogP contribution in [-0.4, -0.2) is 47.7 Å². The molecule has 1 unspecified atom stereocenters. The number of rotatable bonds is 8. The van der Waals surface area contributed by atoms with Crippen molar-refractivity contribution in [3.05, 3.63) is 45.8 Å². The molecule has 9 nitrogen and oxygen atoms in total. The van der Waals surface area contributed by atoms with E-state index >= 15 is 0 Å². The van der Waals surface area contributed by atoms with Crippen LogP contribution in [0.5, 0.6) is 5.75 Å². The predicted octanol–water partition coefficient (Wildman–Crippen LogP) is 3.73. The number of nitrogens with one attached hydrogen (secondary N) is 1. The first-order chi connectivity index (χ1) is 15.8. The van der Waals surface area contributed by atoms with Crippen LogP contribution < -0.4 is 10.1 Å². The zero-order valence-electron chi connectivity index (χ0n) is 18.4. The first-order valence-corrected chi connectivity index (χ1v) is 11.3. The molecule has 1 atom stereocenters. The molecule has 3 rings (SSSR count). The van der Waals surface area contributed by atoms with E-state index in [4.69, 9.17) is 14.6 Å². The maximum atomic E-state index is 12.7. The summed E-state index contributed by atoms with van der Waals surface area (Å²) in [4.78, 5) is 37.6. The normalized spacial score (nSPS) is 13.4. The number of anilines is 1. The van der Waals surface area contributed by atoms with Gasteiger partial charge >= 0.3 is 12.1 Å². The van der Waals surface area contributed by atoms with Gasteiger partial charge in [0.1, 0.15) is 16.8 Å². The highest BCUT2D eigenvalue weighted by Gasteiger charge is 2.28. The molecular weight excluding hydrogens is 446 g/mol. The van der Waals surface area contributed by atoms with Crippen LogP contribution in [0.2, 0.25) is 0 Å². The number of carboxylic acids is 1. The molecular formula is C23H25N3O6S. The lowest BCUT2D eigenvalue weighted by molar-refractivity contribution is -0.140. The quantitative estimate of drug-likeness (QED) is 0.600. The van der Waals surface area contributed by atoms with Crippen LogP contribution in [0.15, 0.2) is 24.3 Å². The van der Waals surface area contributed by atoms with Crippen molar-refractivity contribution >= 4 is 34.3 Å². The number of aliphatic carboxylic acids is 1. The van der Waals surface area contributed by atoms with Crippen molar-refractivity contribution in [1.82, 2.24) is 4.90 Å². The fourth-order valence-electron chi connectivity index (χ4n) is 3.63. The first kappa shape index (κ1) is 24.1. The first-order valence-electron chi connectivity index (χ1n) is 10.5. The molecule has 0 saturated heterocycles. The van der Waals surface area contributed by atoms with Gasteiger partial charge in [-0.2, -0.15) is 5.26 Å². The van der Waals surface area contributed by atoms with E-state index in [1.165, 1.54) is 16.2 Å². The molecule has 10 heteroatoms. The number of hydrogen-bond donors (Lipinski definition) is 2. The Morgan fingerprint density at radius 1 is 1.36 bits per heavy atom. The Kier molecular flexibility index (Phi) is 7.90. The van der Waals surface area contributed by atoms with Gasteiger partial charge in [0.25, 0.3) is 0 Å². The summed E-state index contributed by atoms with van der Waals surface area (Å²) >= 11 is 1.25. The smallest absolute Gasteiger partial charge is 0.410 e. The molecule has 2 N–H and O–H groups in total. The van der Waals surface area contributed by atoms with Crippen LogP contribution in [0.25, 0.3) is 0 Å². The third-order valence-corrected chi connectivity index (χ3v) is 6.36. The van der Waals surface area contributed by atoms with Gasteiger partial charge < -0.3 is 24.8 Å². The maximum Gasteiger partial charge on any atom is 0.410 e. The van der Waals surface area contributed by atoms with Crippen LogP contribution in [0.4, 0.5) is 9.80 Å². The summed E-state index contributed by atoms with van der Waals surface area (Å²) in [7, 11) is 0. The van der Waals surface area contributed by atoms with Gasteiger partial charge in [0.2, 0.25) is 5.91 Å². The van der Waals surface area contributed by atoms with Crippen LogP contribution in [0.3, 0.4) is 0 Å². The monoisotopic (exact) mass is 471 g/mol. The summed E-state index contributed by atoms with van der Waals surface area (Å²) in [6, 6.07) is 9.80. The molecule has 33 heavy (non-hydrogen) atoms. The summed E-state index contributed by atoms with van der Waals surface area (Å²) in [6.07, 6.45) is -0.0621. The second kappa shape index (κ2) is 10.8. The summed E-state index contributed by atoms with van der Waals surface area (Å²) in [5.41, 5.74) is 2.20. The average molecular weight is 472 g/mol. The number of nitriles is 1. The molecule has 0 spiro atoms. The van der Waals surface area contributed by atoms with Gasteiger partial charge in [-0.3, -0.25) is 4.79 Å². The third kappa shape index (κ3) is 6.02. The second-order valence-electron chi connectivity index (χ2n) is 7.60. The fraction of sp³-hybridized carbons (Fsp3) is 0.391. The number of carbonyl (C=O) groups excluding carboxylic acids is 2. The number of thiophene rings is 1. The Labute approximate surface area is 195 Å². The summed E-state index contributed by atoms with van der Waals surface area (Å²) in [6.45, 7) is 4.22. The standard InChI is InChI=1S/C23H25N3O6S/c1-3-31-16-6-4-5-15(10-16)14(2)9-20(27)25-22-18(11-24)17-7-8-26(12-19(17)33-22)23(30)32-13-21(28)29/h4-6,10,14H,3,7-9,12-13H2,1-2H3,(H,25,27)(H,28,29). The van der Waals surface area contributed by atoms with Crippen LogP contribution in [0, 0.1) is 11.3 Å². The highest BCUT2D eigenvalue weighted by atomic mass is 32.1. The van der Waals surface area contributed by atoms with Crippen molar-refractivity contribution in [1.29, 1.82) is 5.26 Å². The van der Waals surface area contributed by atoms with E-state index in [2.05, 4.69) is 11.4 Å². The Morgan fingerprint density at radius 2 is 2.15 bits per heavy atom. The number of ether oxygens (including phenoxy) is 2. The number of benzene rings is 1. The Hall–Kier alpha value is -3.58. The second-order valence-corrected chi connectivity index (χ2v) is 8.70. The molecule has 174 valence electrons. The van der Waals surface area contributed by atoms with E-state index in [0.29, 0.717) is 30.1 Å². The van der Waals surface area contributed by atoms with Gasteiger partial charge in [-0.25, -0.2) is 9.59 Å². The van der Waals surface area contributed by atoms with Crippen molar-refractivity contribution in [2.45, 2.75) is 39.2 Å². The van der Waals surface area contributed by atoms with E-state index in [1.54, 1.807) is 0 Å². The van der Waals surface area contributed by atoms with Crippen LogP contribution >= 0.6 is 11.3 Å². The Bertz CT molecular complexity index is 1090. The lowest BCUT2D eigenvalue weighted by Gasteiger charge is -2.25. The molecule has 0 bridgehead atoms. The van der Waals surface area contributed by atoms with Crippen molar-refractivity contribution in [2.75, 3.05) is 25.1 Å². The van der Waals surface area contributed by atoms with Gasteiger partial charge in [0, 0.05) is 17.8 Å². The Morgan fingerprint density at radius 3 is 2.85 bits per heavy atom. The minimum Gasteiger partial charge on any atom is -0.494 e. The molecule has 1 aliphatic rings. The number of nitrogens with zero attached hydrogens (tertiary/aromatic N) is 2. The van der Waals surface area contributed by atoms with E-state index in [0.717, 1.165) is 21.8 Å². The van der Waals surface area contributed by atoms with E-state index in [-0.39, 0.29) is 24.8 Å². The highest BCUT2D eigenvalue weighted by molar-refractivity contribution is 7.16.